The highest BCUT2D eigenvalue weighted by molar-refractivity contribution is 5.94. The molecular weight excluding hydrogens is 390 g/mol. The lowest BCUT2D eigenvalue weighted by molar-refractivity contribution is 0.0940. The SMILES string of the molecule is CCOc1ccc(N2CC(Oc3ccc(C(C)NC(=O)c4ccncc4)cc3)C2)cc1. The van der Waals surface area contributed by atoms with Gasteiger partial charge in [0.2, 0.25) is 0 Å². The molecule has 0 spiro atoms. The van der Waals surface area contributed by atoms with Crippen LogP contribution in [0, 0.1) is 0 Å². The van der Waals surface area contributed by atoms with E-state index in [4.69, 9.17) is 9.47 Å². The molecule has 6 nitrogen and oxygen atoms in total. The van der Waals surface area contributed by atoms with Crippen molar-refractivity contribution >= 4 is 11.6 Å². The van der Waals surface area contributed by atoms with Gasteiger partial charge in [0.1, 0.15) is 17.6 Å². The number of benzene rings is 2. The van der Waals surface area contributed by atoms with Crippen molar-refractivity contribution < 1.29 is 14.3 Å². The van der Waals surface area contributed by atoms with Gasteiger partial charge >= 0.3 is 0 Å². The lowest BCUT2D eigenvalue weighted by Crippen LogP contribution is -2.54. The first kappa shape index (κ1) is 20.7. The first-order valence-corrected chi connectivity index (χ1v) is 10.6. The van der Waals surface area contributed by atoms with E-state index in [9.17, 15) is 4.79 Å². The summed E-state index contributed by atoms with van der Waals surface area (Å²) in [6.45, 7) is 6.34. The number of rotatable bonds is 8. The molecule has 1 N–H and O–H groups in total. The van der Waals surface area contributed by atoms with Crippen LogP contribution in [0.2, 0.25) is 0 Å². The number of hydrogen-bond donors (Lipinski definition) is 1. The Kier molecular flexibility index (Phi) is 6.36. The molecule has 4 rings (SSSR count). The molecule has 2 aromatic carbocycles. The van der Waals surface area contributed by atoms with Crippen LogP contribution in [-0.4, -0.2) is 36.7 Å². The second-order valence-electron chi connectivity index (χ2n) is 7.57. The van der Waals surface area contributed by atoms with Crippen LogP contribution in [-0.2, 0) is 0 Å². The maximum absolute atomic E-state index is 12.3. The maximum atomic E-state index is 12.3. The standard InChI is InChI=1S/C25H27N3O3/c1-3-30-22-10-6-21(7-11-22)28-16-24(17-28)31-23-8-4-19(5-9-23)18(2)27-25(29)20-12-14-26-15-13-20/h4-15,18,24H,3,16-17H2,1-2H3,(H,27,29). The second-order valence-corrected chi connectivity index (χ2v) is 7.57. The molecule has 1 unspecified atom stereocenters. The van der Waals surface area contributed by atoms with Crippen molar-refractivity contribution in [1.29, 1.82) is 0 Å². The van der Waals surface area contributed by atoms with Gasteiger partial charge in [-0.3, -0.25) is 9.78 Å². The number of anilines is 1. The van der Waals surface area contributed by atoms with E-state index in [1.165, 1.54) is 5.69 Å². The molecule has 0 bridgehead atoms. The lowest BCUT2D eigenvalue weighted by Gasteiger charge is -2.40. The van der Waals surface area contributed by atoms with Gasteiger partial charge in [0, 0.05) is 23.6 Å². The molecule has 1 fully saturated rings. The number of amides is 1. The zero-order valence-electron chi connectivity index (χ0n) is 17.8. The third-order valence-corrected chi connectivity index (χ3v) is 5.33. The number of aromatic nitrogens is 1. The van der Waals surface area contributed by atoms with Crippen molar-refractivity contribution in [2.75, 3.05) is 24.6 Å². The average molecular weight is 418 g/mol. The highest BCUT2D eigenvalue weighted by Crippen LogP contribution is 2.27. The summed E-state index contributed by atoms with van der Waals surface area (Å²) in [7, 11) is 0. The molecule has 3 aromatic rings. The van der Waals surface area contributed by atoms with E-state index < -0.39 is 0 Å². The van der Waals surface area contributed by atoms with Crippen LogP contribution in [0.5, 0.6) is 11.5 Å². The molecule has 1 aromatic heterocycles. The minimum atomic E-state index is -0.112. The molecule has 0 aliphatic carbocycles. The van der Waals surface area contributed by atoms with Crippen molar-refractivity contribution in [3.63, 3.8) is 0 Å². The van der Waals surface area contributed by atoms with Gasteiger partial charge in [-0.25, -0.2) is 0 Å². The van der Waals surface area contributed by atoms with Crippen LogP contribution in [0.1, 0.15) is 35.8 Å². The Morgan fingerprint density at radius 3 is 2.32 bits per heavy atom. The summed E-state index contributed by atoms with van der Waals surface area (Å²) in [6, 6.07) is 19.4. The van der Waals surface area contributed by atoms with Crippen LogP contribution < -0.4 is 19.7 Å². The zero-order chi connectivity index (χ0) is 21.6. The van der Waals surface area contributed by atoms with Gasteiger partial charge in [0.25, 0.3) is 5.91 Å². The summed E-state index contributed by atoms with van der Waals surface area (Å²) in [5, 5.41) is 3.01. The van der Waals surface area contributed by atoms with E-state index in [0.717, 1.165) is 30.2 Å². The van der Waals surface area contributed by atoms with E-state index in [1.54, 1.807) is 24.5 Å². The molecule has 2 heterocycles. The number of nitrogens with one attached hydrogen (secondary N) is 1. The number of carbonyl (C=O) groups is 1. The summed E-state index contributed by atoms with van der Waals surface area (Å²) < 4.78 is 11.6. The number of ether oxygens (including phenoxy) is 2. The second kappa shape index (κ2) is 9.51. The fourth-order valence-corrected chi connectivity index (χ4v) is 3.54. The summed E-state index contributed by atoms with van der Waals surface area (Å²) >= 11 is 0. The number of pyridine rings is 1. The molecular formula is C25H27N3O3. The van der Waals surface area contributed by atoms with E-state index >= 15 is 0 Å². The Balaban J connectivity index is 1.26. The molecule has 160 valence electrons. The monoisotopic (exact) mass is 417 g/mol. The molecule has 1 amide bonds. The zero-order valence-corrected chi connectivity index (χ0v) is 17.8. The summed E-state index contributed by atoms with van der Waals surface area (Å²) in [5.74, 6) is 1.62. The Hall–Kier alpha value is -3.54. The van der Waals surface area contributed by atoms with Gasteiger partial charge in [0.05, 0.1) is 25.7 Å². The minimum absolute atomic E-state index is 0.103. The third kappa shape index (κ3) is 5.15. The fraction of sp³-hybridized carbons (Fsp3) is 0.280. The van der Waals surface area contributed by atoms with Gasteiger partial charge in [-0.15, -0.1) is 0 Å². The van der Waals surface area contributed by atoms with Gasteiger partial charge in [0.15, 0.2) is 0 Å². The topological polar surface area (TPSA) is 63.7 Å². The van der Waals surface area contributed by atoms with Gasteiger partial charge in [-0.05, 0) is 67.9 Å². The third-order valence-electron chi connectivity index (χ3n) is 5.33. The Morgan fingerprint density at radius 1 is 1.03 bits per heavy atom. The highest BCUT2D eigenvalue weighted by Gasteiger charge is 2.28. The highest BCUT2D eigenvalue weighted by atomic mass is 16.5. The number of nitrogens with zero attached hydrogens (tertiary/aromatic N) is 2. The predicted molar refractivity (Wildman–Crippen MR) is 121 cm³/mol. The van der Waals surface area contributed by atoms with Crippen molar-refractivity contribution in [2.24, 2.45) is 0 Å². The Morgan fingerprint density at radius 2 is 1.68 bits per heavy atom. The first-order valence-electron chi connectivity index (χ1n) is 10.6. The van der Waals surface area contributed by atoms with Crippen molar-refractivity contribution in [3.8, 4) is 11.5 Å². The average Bonchev–Trinajstić information content (AvgIpc) is 2.78. The van der Waals surface area contributed by atoms with Gasteiger partial charge < -0.3 is 19.7 Å². The van der Waals surface area contributed by atoms with Crippen LogP contribution in [0.3, 0.4) is 0 Å². The van der Waals surface area contributed by atoms with Crippen LogP contribution in [0.4, 0.5) is 5.69 Å². The Bertz CT molecular complexity index is 985. The van der Waals surface area contributed by atoms with Crippen LogP contribution in [0.15, 0.2) is 73.1 Å². The first-order chi connectivity index (χ1) is 15.1. The van der Waals surface area contributed by atoms with E-state index in [1.807, 2.05) is 50.2 Å². The molecule has 31 heavy (non-hydrogen) atoms. The molecule has 0 radical (unpaired) electrons. The minimum Gasteiger partial charge on any atom is -0.494 e. The molecule has 0 saturated carbocycles. The normalized spacial score (nSPS) is 14.5. The fourth-order valence-electron chi connectivity index (χ4n) is 3.54. The van der Waals surface area contributed by atoms with Crippen molar-refractivity contribution in [3.05, 3.63) is 84.2 Å². The molecule has 6 heteroatoms. The quantitative estimate of drug-likeness (QED) is 0.594. The van der Waals surface area contributed by atoms with Crippen molar-refractivity contribution in [1.82, 2.24) is 10.3 Å². The largest absolute Gasteiger partial charge is 0.494 e. The van der Waals surface area contributed by atoms with Crippen LogP contribution >= 0.6 is 0 Å². The van der Waals surface area contributed by atoms with Crippen LogP contribution in [0.25, 0.3) is 0 Å². The summed E-state index contributed by atoms with van der Waals surface area (Å²) in [6.07, 6.45) is 3.40. The predicted octanol–water partition coefficient (Wildman–Crippen LogP) is 4.24. The Labute approximate surface area is 182 Å². The maximum Gasteiger partial charge on any atom is 0.251 e. The molecule has 1 saturated heterocycles. The molecule has 1 aliphatic heterocycles. The summed E-state index contributed by atoms with van der Waals surface area (Å²) in [5.41, 5.74) is 2.81. The number of hydrogen-bond acceptors (Lipinski definition) is 5. The van der Waals surface area contributed by atoms with E-state index in [0.29, 0.717) is 12.2 Å². The smallest absolute Gasteiger partial charge is 0.251 e. The summed E-state index contributed by atoms with van der Waals surface area (Å²) in [4.78, 5) is 18.5. The van der Waals surface area contributed by atoms with E-state index in [2.05, 4.69) is 27.3 Å². The van der Waals surface area contributed by atoms with Gasteiger partial charge in [-0.2, -0.15) is 0 Å². The molecule has 1 aliphatic rings. The van der Waals surface area contributed by atoms with Gasteiger partial charge in [-0.1, -0.05) is 12.1 Å². The van der Waals surface area contributed by atoms with E-state index in [-0.39, 0.29) is 18.1 Å². The molecule has 1 atom stereocenters. The van der Waals surface area contributed by atoms with Crippen molar-refractivity contribution in [2.45, 2.75) is 26.0 Å². The number of carbonyl (C=O) groups excluding carboxylic acids is 1. The lowest BCUT2D eigenvalue weighted by atomic mass is 10.1.